The van der Waals surface area contributed by atoms with Crippen LogP contribution in [-0.2, 0) is 0 Å². The summed E-state index contributed by atoms with van der Waals surface area (Å²) in [4.78, 5) is 8.67. The van der Waals surface area contributed by atoms with Gasteiger partial charge in [-0.2, -0.15) is 9.13 Å². The van der Waals surface area contributed by atoms with E-state index in [4.69, 9.17) is 0 Å². The number of pyridine rings is 4. The van der Waals surface area contributed by atoms with Gasteiger partial charge in [0.15, 0.2) is 0 Å². The molecule has 4 heterocycles. The Balaban J connectivity index is 1.28. The molecule has 0 spiro atoms. The Labute approximate surface area is 315 Å². The van der Waals surface area contributed by atoms with Crippen LogP contribution in [0.5, 0.6) is 0 Å². The molecule has 0 saturated carbocycles. The number of nitrogens with zero attached hydrogens (tertiary/aromatic N) is 4. The van der Waals surface area contributed by atoms with E-state index in [-0.39, 0.29) is 0 Å². The maximum Gasteiger partial charge on any atom is 0.219 e. The lowest BCUT2D eigenvalue weighted by atomic mass is 9.94. The number of benzene rings is 5. The van der Waals surface area contributed by atoms with Gasteiger partial charge in [0.05, 0.1) is 0 Å². The summed E-state index contributed by atoms with van der Waals surface area (Å²) in [5.41, 5.74) is 15.6. The Bertz CT molecular complexity index is 2360. The quantitative estimate of drug-likeness (QED) is 0.149. The van der Waals surface area contributed by atoms with Crippen LogP contribution in [-0.4, -0.2) is 9.97 Å². The van der Waals surface area contributed by atoms with Crippen molar-refractivity contribution in [2.24, 2.45) is 0 Å². The molecule has 0 saturated heterocycles. The molecule has 0 N–H and O–H groups in total. The normalized spacial score (nSPS) is 11.0. The van der Waals surface area contributed by atoms with Crippen LogP contribution < -0.4 is 9.13 Å². The highest BCUT2D eigenvalue weighted by atomic mass is 15.0. The van der Waals surface area contributed by atoms with Gasteiger partial charge in [0, 0.05) is 95.6 Å². The zero-order chi connectivity index (χ0) is 36.1. The summed E-state index contributed by atoms with van der Waals surface area (Å²) in [6.07, 6.45) is 7.42. The van der Waals surface area contributed by atoms with Crippen LogP contribution in [0, 0.1) is 0 Å². The molecule has 0 amide bonds. The molecule has 5 aromatic carbocycles. The maximum atomic E-state index is 4.34. The number of aromatic nitrogens is 4. The first kappa shape index (κ1) is 32.6. The molecule has 0 atom stereocenters. The molecule has 4 nitrogen and oxygen atoms in total. The predicted molar refractivity (Wildman–Crippen MR) is 218 cm³/mol. The smallest absolute Gasteiger partial charge is 0.219 e. The second kappa shape index (κ2) is 14.7. The van der Waals surface area contributed by atoms with E-state index in [0.717, 1.165) is 78.7 Å². The fraction of sp³-hybridized carbons (Fsp3) is 0. The Kier molecular flexibility index (Phi) is 8.90. The molecule has 54 heavy (non-hydrogen) atoms. The Morgan fingerprint density at radius 1 is 0.241 bits per heavy atom. The molecular formula is C50H36N4+2. The summed E-state index contributed by atoms with van der Waals surface area (Å²) in [6, 6.07) is 69.0. The number of hydrogen-bond donors (Lipinski definition) is 0. The summed E-state index contributed by atoms with van der Waals surface area (Å²) in [7, 11) is 0. The molecule has 0 aliphatic carbocycles. The average molecular weight is 693 g/mol. The summed E-state index contributed by atoms with van der Waals surface area (Å²) in [5.74, 6) is 0. The highest BCUT2D eigenvalue weighted by molar-refractivity contribution is 5.80. The van der Waals surface area contributed by atoms with Gasteiger partial charge in [-0.15, -0.1) is 0 Å². The molecule has 0 aliphatic heterocycles. The molecule has 254 valence electrons. The lowest BCUT2D eigenvalue weighted by Crippen LogP contribution is -2.36. The molecule has 9 aromatic rings. The van der Waals surface area contributed by atoms with Crippen LogP contribution in [0.25, 0.3) is 78.7 Å². The molecule has 4 aromatic heterocycles. The predicted octanol–water partition coefficient (Wildman–Crippen LogP) is 11.0. The van der Waals surface area contributed by atoms with Crippen LogP contribution >= 0.6 is 0 Å². The van der Waals surface area contributed by atoms with E-state index in [2.05, 4.69) is 213 Å². The zero-order valence-electron chi connectivity index (χ0n) is 29.6. The maximum absolute atomic E-state index is 4.34. The van der Waals surface area contributed by atoms with E-state index < -0.39 is 0 Å². The van der Waals surface area contributed by atoms with Crippen molar-refractivity contribution >= 4 is 0 Å². The van der Waals surface area contributed by atoms with Crippen molar-refractivity contribution < 1.29 is 9.13 Å². The number of hydrogen-bond acceptors (Lipinski definition) is 2. The van der Waals surface area contributed by atoms with E-state index in [1.54, 1.807) is 0 Å². The number of rotatable bonds is 8. The largest absolute Gasteiger partial charge is 0.264 e. The molecule has 4 heteroatoms. The summed E-state index contributed by atoms with van der Waals surface area (Å²) in [6.45, 7) is 0. The van der Waals surface area contributed by atoms with Gasteiger partial charge in [-0.1, -0.05) is 91.0 Å². The highest BCUT2D eigenvalue weighted by Crippen LogP contribution is 2.35. The summed E-state index contributed by atoms with van der Waals surface area (Å²) < 4.78 is 4.68. The van der Waals surface area contributed by atoms with Crippen molar-refractivity contribution in [3.05, 3.63) is 219 Å². The van der Waals surface area contributed by atoms with E-state index in [1.807, 2.05) is 24.8 Å². The van der Waals surface area contributed by atoms with Crippen LogP contribution in [0.4, 0.5) is 0 Å². The molecule has 0 fully saturated rings. The third-order valence-corrected chi connectivity index (χ3v) is 9.78. The van der Waals surface area contributed by atoms with Crippen molar-refractivity contribution in [3.63, 3.8) is 0 Å². The second-order valence-corrected chi connectivity index (χ2v) is 13.2. The van der Waals surface area contributed by atoms with Crippen molar-refractivity contribution in [1.82, 2.24) is 9.97 Å². The lowest BCUT2D eigenvalue weighted by Gasteiger charge is -2.14. The SMILES string of the molecule is c1ccc(-c2cc(-c3cccc(-c4cc(-c5ccccc5)[n+](-c5ccncc5)c(-c5ccccc5)c4)c3)cc(-c3ccccc3)[n+]2-c2ccncc2)cc1. The summed E-state index contributed by atoms with van der Waals surface area (Å²) in [5, 5.41) is 0. The van der Waals surface area contributed by atoms with Gasteiger partial charge < -0.3 is 0 Å². The van der Waals surface area contributed by atoms with E-state index in [0.29, 0.717) is 0 Å². The van der Waals surface area contributed by atoms with Crippen molar-refractivity contribution in [2.45, 2.75) is 0 Å². The third-order valence-electron chi connectivity index (χ3n) is 9.78. The molecule has 0 bridgehead atoms. The topological polar surface area (TPSA) is 33.5 Å². The van der Waals surface area contributed by atoms with E-state index in [9.17, 15) is 0 Å². The Hall–Kier alpha value is -7.30. The zero-order valence-corrected chi connectivity index (χ0v) is 29.6. The first-order chi connectivity index (χ1) is 26.8. The fourth-order valence-corrected chi connectivity index (χ4v) is 7.23. The minimum absolute atomic E-state index is 1.05. The van der Waals surface area contributed by atoms with E-state index >= 15 is 0 Å². The van der Waals surface area contributed by atoms with Crippen LogP contribution in [0.15, 0.2) is 219 Å². The minimum atomic E-state index is 1.05. The minimum Gasteiger partial charge on any atom is -0.264 e. The Morgan fingerprint density at radius 3 is 0.815 bits per heavy atom. The molecule has 0 unspecified atom stereocenters. The van der Waals surface area contributed by atoms with Crippen molar-refractivity contribution in [1.29, 1.82) is 0 Å². The van der Waals surface area contributed by atoms with Crippen LogP contribution in [0.1, 0.15) is 0 Å². The molecule has 0 radical (unpaired) electrons. The molecular weight excluding hydrogens is 657 g/mol. The molecule has 0 aliphatic rings. The highest BCUT2D eigenvalue weighted by Gasteiger charge is 2.27. The van der Waals surface area contributed by atoms with Gasteiger partial charge in [-0.05, 0) is 76.9 Å². The van der Waals surface area contributed by atoms with Gasteiger partial charge in [-0.25, -0.2) is 0 Å². The van der Waals surface area contributed by atoms with Gasteiger partial charge in [0.1, 0.15) is 0 Å². The monoisotopic (exact) mass is 692 g/mol. The third kappa shape index (κ3) is 6.49. The first-order valence-corrected chi connectivity index (χ1v) is 18.1. The van der Waals surface area contributed by atoms with E-state index in [1.165, 1.54) is 0 Å². The van der Waals surface area contributed by atoms with Gasteiger partial charge in [0.2, 0.25) is 34.2 Å². The van der Waals surface area contributed by atoms with Crippen molar-refractivity contribution in [2.75, 3.05) is 0 Å². The van der Waals surface area contributed by atoms with Gasteiger partial charge >= 0.3 is 0 Å². The molecule has 9 rings (SSSR count). The Morgan fingerprint density at radius 2 is 0.519 bits per heavy atom. The van der Waals surface area contributed by atoms with Gasteiger partial charge in [-0.3, -0.25) is 9.97 Å². The summed E-state index contributed by atoms with van der Waals surface area (Å²) >= 11 is 0. The standard InChI is InChI=1S/C50H36N4/c1-5-14-37(15-6-1)47-33-43(34-48(38-16-7-2-8-17-38)53(47)45-24-28-51-29-25-45)41-22-13-23-42(32-41)44-35-49(39-18-9-3-10-19-39)54(46-26-30-52-31-27-46)50(36-44)40-20-11-4-12-21-40/h1-36H/q+2. The first-order valence-electron chi connectivity index (χ1n) is 18.1. The van der Waals surface area contributed by atoms with Crippen LogP contribution in [0.2, 0.25) is 0 Å². The lowest BCUT2D eigenvalue weighted by molar-refractivity contribution is -0.572. The fourth-order valence-electron chi connectivity index (χ4n) is 7.23. The average Bonchev–Trinajstić information content (AvgIpc) is 3.27. The van der Waals surface area contributed by atoms with Gasteiger partial charge in [0.25, 0.3) is 0 Å². The second-order valence-electron chi connectivity index (χ2n) is 13.2. The van der Waals surface area contributed by atoms with Crippen molar-refractivity contribution in [3.8, 4) is 78.7 Å². The van der Waals surface area contributed by atoms with Crippen LogP contribution in [0.3, 0.4) is 0 Å².